The maximum atomic E-state index is 10.7. The quantitative estimate of drug-likeness (QED) is 0.240. The second-order valence-corrected chi connectivity index (χ2v) is 11.4. The first-order valence-corrected chi connectivity index (χ1v) is 14.5. The molecule has 0 fully saturated rings. The molecule has 0 bridgehead atoms. The van der Waals surface area contributed by atoms with Gasteiger partial charge in [0, 0.05) is 12.0 Å². The molecular weight excluding hydrogens is 522 g/mol. The maximum absolute atomic E-state index is 10.7. The smallest absolute Gasteiger partial charge is 0.207 e. The van der Waals surface area contributed by atoms with Crippen LogP contribution in [0, 0.1) is 6.92 Å². The Labute approximate surface area is 250 Å². The fraction of sp³-hybridized carbons (Fsp3) is 0.343. The van der Waals surface area contributed by atoms with E-state index in [0.717, 1.165) is 35.8 Å². The van der Waals surface area contributed by atoms with E-state index in [1.54, 1.807) is 7.11 Å². The molecule has 0 atom stereocenters. The molecule has 3 N–H and O–H groups in total. The Morgan fingerprint density at radius 2 is 1.62 bits per heavy atom. The van der Waals surface area contributed by atoms with E-state index in [9.17, 15) is 4.79 Å². The highest BCUT2D eigenvalue weighted by Gasteiger charge is 2.13. The van der Waals surface area contributed by atoms with Crippen LogP contribution in [-0.4, -0.2) is 33.8 Å². The second kappa shape index (κ2) is 16.3. The second-order valence-electron chi connectivity index (χ2n) is 11.4. The molecule has 1 heterocycles. The number of fused-ring (bicyclic) bond motifs is 1. The van der Waals surface area contributed by atoms with Crippen molar-refractivity contribution in [2.45, 2.75) is 72.0 Å². The number of hydrogen-bond donors (Lipinski definition) is 2. The Bertz CT molecular complexity index is 1400. The molecule has 7 nitrogen and oxygen atoms in total. The van der Waals surface area contributed by atoms with Crippen LogP contribution in [0.5, 0.6) is 5.75 Å². The molecule has 0 saturated heterocycles. The number of hydrogen-bond acceptors (Lipinski definition) is 5. The molecule has 1 aliphatic carbocycles. The van der Waals surface area contributed by atoms with Crippen LogP contribution in [0.15, 0.2) is 78.9 Å². The molecule has 7 heteroatoms. The van der Waals surface area contributed by atoms with Crippen molar-refractivity contribution in [2.75, 3.05) is 7.11 Å². The summed E-state index contributed by atoms with van der Waals surface area (Å²) in [6.45, 7) is 9.08. The fourth-order valence-corrected chi connectivity index (χ4v) is 4.46. The summed E-state index contributed by atoms with van der Waals surface area (Å²) in [5, 5.41) is 11.3. The van der Waals surface area contributed by atoms with Gasteiger partial charge in [0.25, 0.3) is 0 Å². The Morgan fingerprint density at radius 3 is 2.26 bits per heavy atom. The van der Waals surface area contributed by atoms with Gasteiger partial charge >= 0.3 is 0 Å². The van der Waals surface area contributed by atoms with Crippen LogP contribution < -0.4 is 15.8 Å². The van der Waals surface area contributed by atoms with Gasteiger partial charge in [-0.3, -0.25) is 4.79 Å². The van der Waals surface area contributed by atoms with Crippen molar-refractivity contribution in [3.05, 3.63) is 118 Å². The predicted octanol–water partition coefficient (Wildman–Crippen LogP) is 6.06. The minimum absolute atomic E-state index is 0. The van der Waals surface area contributed by atoms with E-state index in [2.05, 4.69) is 69.5 Å². The lowest BCUT2D eigenvalue weighted by atomic mass is 9.94. The molecule has 222 valence electrons. The molecule has 0 aliphatic heterocycles. The van der Waals surface area contributed by atoms with E-state index in [4.69, 9.17) is 10.5 Å². The number of carbonyl (C=O) groups is 1. The van der Waals surface area contributed by atoms with Gasteiger partial charge in [-0.1, -0.05) is 72.8 Å². The molecule has 0 spiro atoms. The highest BCUT2D eigenvalue weighted by Crippen LogP contribution is 2.21. The molecule has 0 unspecified atom stereocenters. The monoisotopic (exact) mass is 567 g/mol. The first-order valence-electron chi connectivity index (χ1n) is 14.5. The number of allylic oxidation sites excluding steroid dienone is 1. The molecule has 0 radical (unpaired) electrons. The SMILES string of the molecule is CC(C)(C)N.COc1ccc(Cn2c(CCc3ccccc3)nnc2CNC=O)cc1.Cc1cccc2c1C=CCC2. The van der Waals surface area contributed by atoms with Crippen molar-refractivity contribution in [1.29, 1.82) is 0 Å². The zero-order valence-electron chi connectivity index (χ0n) is 25.6. The molecule has 1 aromatic heterocycles. The standard InChI is InChI=1S/C20H22N4O2.C11H12.C4H11N/c1-26-18-10-7-17(8-11-18)14-24-19(22-23-20(24)13-21-15-25)12-9-16-5-3-2-4-6-16;1-9-5-4-7-10-6-2-3-8-11(9)10;1-4(2,3)5/h2-8,10-11,15H,9,12-14H2,1H3,(H,21,25);3-5,7-8H,2,6H2,1H3;5H2,1-3H3. The lowest BCUT2D eigenvalue weighted by Crippen LogP contribution is -2.26. The van der Waals surface area contributed by atoms with Gasteiger partial charge in [0.05, 0.1) is 20.2 Å². The van der Waals surface area contributed by atoms with Crippen LogP contribution in [0.3, 0.4) is 0 Å². The summed E-state index contributed by atoms with van der Waals surface area (Å²) in [5.74, 6) is 2.48. The molecule has 1 aliphatic rings. The number of nitrogens with two attached hydrogens (primary N) is 1. The summed E-state index contributed by atoms with van der Waals surface area (Å²) < 4.78 is 7.28. The lowest BCUT2D eigenvalue weighted by Gasteiger charge is -2.11. The molecule has 5 rings (SSSR count). The maximum Gasteiger partial charge on any atom is 0.207 e. The number of nitrogens with zero attached hydrogens (tertiary/aromatic N) is 3. The number of rotatable bonds is 9. The average molecular weight is 568 g/mol. The number of amides is 1. The third-order valence-corrected chi connectivity index (χ3v) is 6.51. The van der Waals surface area contributed by atoms with Gasteiger partial charge in [-0.25, -0.2) is 0 Å². The largest absolute Gasteiger partial charge is 0.497 e. The molecule has 0 saturated carbocycles. The third-order valence-electron chi connectivity index (χ3n) is 6.51. The number of benzene rings is 3. The first-order chi connectivity index (χ1) is 20.2. The molecule has 3 aromatic carbocycles. The van der Waals surface area contributed by atoms with E-state index in [1.165, 1.54) is 35.1 Å². The van der Waals surface area contributed by atoms with E-state index in [0.29, 0.717) is 19.5 Å². The van der Waals surface area contributed by atoms with Crippen molar-refractivity contribution in [2.24, 2.45) is 5.73 Å². The summed E-state index contributed by atoms with van der Waals surface area (Å²) in [4.78, 5) is 10.7. The Morgan fingerprint density at radius 1 is 0.929 bits per heavy atom. The van der Waals surface area contributed by atoms with Crippen molar-refractivity contribution >= 4 is 12.5 Å². The normalized spacial score (nSPS) is 11.8. The zero-order valence-corrected chi connectivity index (χ0v) is 25.6. The molecule has 1 amide bonds. The number of ether oxygens (including phenoxy) is 1. The van der Waals surface area contributed by atoms with Gasteiger partial charge in [0.1, 0.15) is 11.6 Å². The van der Waals surface area contributed by atoms with Crippen LogP contribution in [-0.2, 0) is 37.1 Å². The van der Waals surface area contributed by atoms with Crippen LogP contribution >= 0.6 is 0 Å². The Hall–Kier alpha value is -4.23. The Kier molecular flexibility index (Phi) is 12.5. The van der Waals surface area contributed by atoms with E-state index in [1.807, 2.05) is 63.2 Å². The number of aromatic nitrogens is 3. The number of carbonyl (C=O) groups excluding carboxylic acids is 1. The summed E-state index contributed by atoms with van der Waals surface area (Å²) in [6, 6.07) is 24.8. The highest BCUT2D eigenvalue weighted by atomic mass is 16.5. The summed E-state index contributed by atoms with van der Waals surface area (Å²) in [5.41, 5.74) is 12.1. The van der Waals surface area contributed by atoms with E-state index in [-0.39, 0.29) is 5.54 Å². The number of methoxy groups -OCH3 is 1. The van der Waals surface area contributed by atoms with Gasteiger partial charge in [-0.05, 0) is 86.9 Å². The van der Waals surface area contributed by atoms with Crippen molar-refractivity contribution in [3.8, 4) is 5.75 Å². The van der Waals surface area contributed by atoms with Gasteiger partial charge in [-0.2, -0.15) is 0 Å². The summed E-state index contributed by atoms with van der Waals surface area (Å²) in [6.07, 6.45) is 9.28. The fourth-order valence-electron chi connectivity index (χ4n) is 4.46. The van der Waals surface area contributed by atoms with Crippen LogP contribution in [0.2, 0.25) is 0 Å². The number of nitrogens with one attached hydrogen (secondary N) is 1. The van der Waals surface area contributed by atoms with Gasteiger partial charge in [0.15, 0.2) is 5.82 Å². The lowest BCUT2D eigenvalue weighted by molar-refractivity contribution is -0.109. The molecular formula is C35H45N5O2. The van der Waals surface area contributed by atoms with Crippen LogP contribution in [0.4, 0.5) is 0 Å². The average Bonchev–Trinajstić information content (AvgIpc) is 3.36. The van der Waals surface area contributed by atoms with Gasteiger partial charge < -0.3 is 20.4 Å². The summed E-state index contributed by atoms with van der Waals surface area (Å²) >= 11 is 0. The minimum Gasteiger partial charge on any atom is -0.497 e. The minimum atomic E-state index is 0. The predicted molar refractivity (Wildman–Crippen MR) is 171 cm³/mol. The van der Waals surface area contributed by atoms with Crippen molar-refractivity contribution in [3.63, 3.8) is 0 Å². The summed E-state index contributed by atoms with van der Waals surface area (Å²) in [7, 11) is 1.65. The first kappa shape index (κ1) is 32.3. The van der Waals surface area contributed by atoms with E-state index >= 15 is 0 Å². The Balaban J connectivity index is 0.000000247. The highest BCUT2D eigenvalue weighted by molar-refractivity contribution is 5.59. The van der Waals surface area contributed by atoms with Crippen molar-refractivity contribution in [1.82, 2.24) is 20.1 Å². The van der Waals surface area contributed by atoms with Crippen molar-refractivity contribution < 1.29 is 9.53 Å². The molecule has 42 heavy (non-hydrogen) atoms. The topological polar surface area (TPSA) is 95.1 Å². The number of aryl methyl sites for hydroxylation is 4. The van der Waals surface area contributed by atoms with Gasteiger partial charge in [-0.15, -0.1) is 10.2 Å². The van der Waals surface area contributed by atoms with Crippen LogP contribution in [0.25, 0.3) is 6.08 Å². The van der Waals surface area contributed by atoms with Crippen LogP contribution in [0.1, 0.15) is 66.7 Å². The van der Waals surface area contributed by atoms with Gasteiger partial charge in [0.2, 0.25) is 6.41 Å². The zero-order chi connectivity index (χ0) is 30.4. The molecule has 4 aromatic rings. The third kappa shape index (κ3) is 11.0. The van der Waals surface area contributed by atoms with E-state index < -0.39 is 0 Å².